The molecule has 0 spiro atoms. The quantitative estimate of drug-likeness (QED) is 0.775. The van der Waals surface area contributed by atoms with Crippen LogP contribution in [0.5, 0.6) is 0 Å². The molecule has 0 radical (unpaired) electrons. The first-order chi connectivity index (χ1) is 7.08. The van der Waals surface area contributed by atoms with Crippen LogP contribution < -0.4 is 0 Å². The summed E-state index contributed by atoms with van der Waals surface area (Å²) in [5, 5.41) is 10.5. The van der Waals surface area contributed by atoms with E-state index in [1.54, 1.807) is 16.8 Å². The van der Waals surface area contributed by atoms with Crippen molar-refractivity contribution < 1.29 is 9.90 Å². The molecule has 1 N–H and O–H groups in total. The van der Waals surface area contributed by atoms with Crippen LogP contribution in [-0.4, -0.2) is 34.6 Å². The van der Waals surface area contributed by atoms with Gasteiger partial charge in [0.2, 0.25) is 0 Å². The molecule has 1 aromatic heterocycles. The maximum absolute atomic E-state index is 10.4. The highest BCUT2D eigenvalue weighted by Crippen LogP contribution is 2.05. The maximum atomic E-state index is 10.4. The number of nitrogens with zero attached hydrogens (tertiary/aromatic N) is 2. The fourth-order valence-corrected chi connectivity index (χ4v) is 1.88. The number of thiazole rings is 1. The monoisotopic (exact) mass is 226 g/mol. The van der Waals surface area contributed by atoms with E-state index < -0.39 is 5.97 Å². The highest BCUT2D eigenvalue weighted by Gasteiger charge is 2.03. The second-order valence-corrected chi connectivity index (χ2v) is 4.20. The summed E-state index contributed by atoms with van der Waals surface area (Å²) in [5.41, 5.74) is 3.65. The van der Waals surface area contributed by atoms with Crippen molar-refractivity contribution in [2.75, 3.05) is 13.6 Å². The van der Waals surface area contributed by atoms with Crippen molar-refractivity contribution in [3.8, 4) is 0 Å². The zero-order chi connectivity index (χ0) is 11.3. The standard InChI is InChI=1S/C10H14N2O2S/c1-8(3-10(13)14)4-12(2)5-9-6-15-7-11-9/h3,6-7H,4-5H2,1-2H3,(H,13,14). The minimum absolute atomic E-state index is 0.643. The van der Waals surface area contributed by atoms with Gasteiger partial charge in [-0.3, -0.25) is 4.90 Å². The average molecular weight is 226 g/mol. The summed E-state index contributed by atoms with van der Waals surface area (Å²) in [6, 6.07) is 0. The number of carboxylic acid groups (broad SMARTS) is 1. The number of hydrogen-bond donors (Lipinski definition) is 1. The summed E-state index contributed by atoms with van der Waals surface area (Å²) in [4.78, 5) is 16.6. The van der Waals surface area contributed by atoms with E-state index in [9.17, 15) is 4.79 Å². The first-order valence-corrected chi connectivity index (χ1v) is 5.48. The Hall–Kier alpha value is -1.20. The van der Waals surface area contributed by atoms with E-state index >= 15 is 0 Å². The van der Waals surface area contributed by atoms with E-state index in [0.717, 1.165) is 17.8 Å². The summed E-state index contributed by atoms with van der Waals surface area (Å²) >= 11 is 1.56. The number of rotatable bonds is 5. The summed E-state index contributed by atoms with van der Waals surface area (Å²) in [6.07, 6.45) is 1.23. The smallest absolute Gasteiger partial charge is 0.328 e. The Labute approximate surface area is 92.9 Å². The van der Waals surface area contributed by atoms with Crippen molar-refractivity contribution in [3.63, 3.8) is 0 Å². The minimum Gasteiger partial charge on any atom is -0.478 e. The molecule has 15 heavy (non-hydrogen) atoms. The van der Waals surface area contributed by atoms with Gasteiger partial charge in [0.1, 0.15) is 0 Å². The largest absolute Gasteiger partial charge is 0.478 e. The first kappa shape index (κ1) is 11.9. The Morgan fingerprint density at radius 2 is 2.47 bits per heavy atom. The van der Waals surface area contributed by atoms with Crippen LogP contribution in [0.1, 0.15) is 12.6 Å². The van der Waals surface area contributed by atoms with Crippen molar-refractivity contribution in [2.24, 2.45) is 0 Å². The van der Waals surface area contributed by atoms with Crippen molar-refractivity contribution in [2.45, 2.75) is 13.5 Å². The van der Waals surface area contributed by atoms with E-state index in [1.165, 1.54) is 6.08 Å². The molecule has 0 aliphatic carbocycles. The van der Waals surface area contributed by atoms with Gasteiger partial charge in [0.15, 0.2) is 0 Å². The topological polar surface area (TPSA) is 53.4 Å². The van der Waals surface area contributed by atoms with E-state index in [2.05, 4.69) is 4.98 Å². The molecular weight excluding hydrogens is 212 g/mol. The highest BCUT2D eigenvalue weighted by atomic mass is 32.1. The van der Waals surface area contributed by atoms with E-state index in [-0.39, 0.29) is 0 Å². The second-order valence-electron chi connectivity index (χ2n) is 3.48. The summed E-state index contributed by atoms with van der Waals surface area (Å²) in [7, 11) is 1.94. The van der Waals surface area contributed by atoms with Crippen LogP contribution in [0.3, 0.4) is 0 Å². The Bertz CT molecular complexity index is 346. The predicted molar refractivity (Wildman–Crippen MR) is 59.8 cm³/mol. The number of hydrogen-bond acceptors (Lipinski definition) is 4. The van der Waals surface area contributed by atoms with Gasteiger partial charge in [0, 0.05) is 24.5 Å². The number of carbonyl (C=O) groups is 1. The molecule has 0 atom stereocenters. The number of carboxylic acids is 1. The third-order valence-electron chi connectivity index (χ3n) is 1.80. The van der Waals surface area contributed by atoms with Crippen molar-refractivity contribution in [1.29, 1.82) is 0 Å². The van der Waals surface area contributed by atoms with Gasteiger partial charge in [-0.2, -0.15) is 0 Å². The molecule has 1 rings (SSSR count). The lowest BCUT2D eigenvalue weighted by Crippen LogP contribution is -2.20. The number of aliphatic carboxylic acids is 1. The van der Waals surface area contributed by atoms with Gasteiger partial charge >= 0.3 is 5.97 Å². The highest BCUT2D eigenvalue weighted by molar-refractivity contribution is 7.07. The molecule has 0 unspecified atom stereocenters. The lowest BCUT2D eigenvalue weighted by molar-refractivity contribution is -0.131. The molecule has 4 nitrogen and oxygen atoms in total. The Balaban J connectivity index is 2.42. The van der Waals surface area contributed by atoms with Crippen LogP contribution in [0.25, 0.3) is 0 Å². The molecule has 1 heterocycles. The van der Waals surface area contributed by atoms with Gasteiger partial charge in [-0.1, -0.05) is 5.57 Å². The Kier molecular flexibility index (Phi) is 4.45. The molecule has 0 fully saturated rings. The lowest BCUT2D eigenvalue weighted by atomic mass is 10.2. The van der Waals surface area contributed by atoms with Gasteiger partial charge in [0.25, 0.3) is 0 Å². The maximum Gasteiger partial charge on any atom is 0.328 e. The normalized spacial score (nSPS) is 12.1. The molecule has 0 aliphatic heterocycles. The molecule has 0 saturated heterocycles. The minimum atomic E-state index is -0.894. The van der Waals surface area contributed by atoms with Crippen LogP contribution in [0, 0.1) is 0 Å². The molecule has 0 saturated carbocycles. The Morgan fingerprint density at radius 3 is 3.00 bits per heavy atom. The van der Waals surface area contributed by atoms with Gasteiger partial charge in [-0.25, -0.2) is 9.78 Å². The third kappa shape index (κ3) is 4.71. The van der Waals surface area contributed by atoms with Gasteiger partial charge in [-0.15, -0.1) is 11.3 Å². The molecule has 82 valence electrons. The van der Waals surface area contributed by atoms with Crippen LogP contribution in [0.4, 0.5) is 0 Å². The van der Waals surface area contributed by atoms with Gasteiger partial charge < -0.3 is 5.11 Å². The zero-order valence-corrected chi connectivity index (χ0v) is 9.62. The van der Waals surface area contributed by atoms with E-state index in [4.69, 9.17) is 5.11 Å². The summed E-state index contributed by atoms with van der Waals surface area (Å²) in [6.45, 7) is 3.20. The van der Waals surface area contributed by atoms with Gasteiger partial charge in [0.05, 0.1) is 11.2 Å². The SMILES string of the molecule is CC(=CC(=O)O)CN(C)Cc1cscn1. The molecule has 0 aromatic carbocycles. The summed E-state index contributed by atoms with van der Waals surface area (Å²) < 4.78 is 0. The molecule has 0 amide bonds. The van der Waals surface area contributed by atoms with Crippen molar-refractivity contribution in [3.05, 3.63) is 28.2 Å². The summed E-state index contributed by atoms with van der Waals surface area (Å²) in [5.74, 6) is -0.894. The first-order valence-electron chi connectivity index (χ1n) is 4.53. The van der Waals surface area contributed by atoms with Crippen LogP contribution in [-0.2, 0) is 11.3 Å². The number of aromatic nitrogens is 1. The average Bonchev–Trinajstić information content (AvgIpc) is 2.53. The predicted octanol–water partition coefficient (Wildman–Crippen LogP) is 1.61. The fraction of sp³-hybridized carbons (Fsp3) is 0.400. The van der Waals surface area contributed by atoms with Crippen LogP contribution in [0.15, 0.2) is 22.5 Å². The number of likely N-dealkylation sites (N-methyl/N-ethyl adjacent to an activating group) is 1. The molecule has 1 aromatic rings. The molecule has 0 bridgehead atoms. The zero-order valence-electron chi connectivity index (χ0n) is 8.80. The lowest BCUT2D eigenvalue weighted by Gasteiger charge is -2.14. The van der Waals surface area contributed by atoms with E-state index in [1.807, 2.05) is 24.3 Å². The van der Waals surface area contributed by atoms with E-state index in [0.29, 0.717) is 6.54 Å². The van der Waals surface area contributed by atoms with Crippen molar-refractivity contribution in [1.82, 2.24) is 9.88 Å². The molecule has 5 heteroatoms. The molecule has 0 aliphatic rings. The Morgan fingerprint density at radius 1 is 1.73 bits per heavy atom. The van der Waals surface area contributed by atoms with Crippen LogP contribution >= 0.6 is 11.3 Å². The van der Waals surface area contributed by atoms with Crippen molar-refractivity contribution >= 4 is 17.3 Å². The second kappa shape index (κ2) is 5.63. The van der Waals surface area contributed by atoms with Crippen LogP contribution in [0.2, 0.25) is 0 Å². The molecular formula is C10H14N2O2S. The van der Waals surface area contributed by atoms with Gasteiger partial charge in [-0.05, 0) is 14.0 Å². The third-order valence-corrected chi connectivity index (χ3v) is 2.44. The fourth-order valence-electron chi connectivity index (χ4n) is 1.33.